The molecule has 82 valence electrons. The Morgan fingerprint density at radius 1 is 1.19 bits per heavy atom. The second-order valence-electron chi connectivity index (χ2n) is 3.65. The van der Waals surface area contributed by atoms with Crippen molar-refractivity contribution in [3.63, 3.8) is 0 Å². The van der Waals surface area contributed by atoms with Crippen molar-refractivity contribution in [3.8, 4) is 11.4 Å². The molecule has 4 heteroatoms. The van der Waals surface area contributed by atoms with Gasteiger partial charge in [0.1, 0.15) is 10.5 Å². The highest BCUT2D eigenvalue weighted by atomic mass is 35.5. The van der Waals surface area contributed by atoms with E-state index in [1.807, 2.05) is 38.1 Å². The summed E-state index contributed by atoms with van der Waals surface area (Å²) in [4.78, 5) is 7.58. The Bertz CT molecular complexity index is 573. The molecule has 0 amide bonds. The lowest BCUT2D eigenvalue weighted by molar-refractivity contribution is 1.06. The normalized spacial score (nSPS) is 10.4. The van der Waals surface area contributed by atoms with Crippen LogP contribution in [0.3, 0.4) is 0 Å². The molecule has 1 aromatic carbocycles. The van der Waals surface area contributed by atoms with Gasteiger partial charge in [-0.2, -0.15) is 0 Å². The molecule has 0 saturated carbocycles. The summed E-state index contributed by atoms with van der Waals surface area (Å²) in [6.45, 7) is 3.96. The molecule has 0 aliphatic carbocycles. The van der Waals surface area contributed by atoms with E-state index in [9.17, 15) is 0 Å². The summed E-state index contributed by atoms with van der Waals surface area (Å²) in [5.41, 5.74) is 3.05. The van der Waals surface area contributed by atoms with Gasteiger partial charge in [0, 0.05) is 21.8 Å². The lowest BCUT2D eigenvalue weighted by atomic mass is 10.2. The number of halogens is 1. The fraction of sp³-hybridized carbons (Fsp3) is 0.167. The lowest BCUT2D eigenvalue weighted by Crippen LogP contribution is -1.96. The topological polar surface area (TPSA) is 28.7 Å². The van der Waals surface area contributed by atoms with Crippen molar-refractivity contribution in [1.82, 2.24) is 9.97 Å². The van der Waals surface area contributed by atoms with E-state index in [4.69, 9.17) is 23.8 Å². The molecule has 1 aromatic heterocycles. The highest BCUT2D eigenvalue weighted by Crippen LogP contribution is 2.19. The van der Waals surface area contributed by atoms with E-state index < -0.39 is 0 Å². The number of aromatic nitrogens is 2. The third kappa shape index (κ3) is 2.15. The van der Waals surface area contributed by atoms with Crippen molar-refractivity contribution in [2.45, 2.75) is 13.8 Å². The monoisotopic (exact) mass is 250 g/mol. The van der Waals surface area contributed by atoms with Crippen LogP contribution in [0, 0.1) is 18.5 Å². The van der Waals surface area contributed by atoms with Gasteiger partial charge in [-0.1, -0.05) is 23.8 Å². The highest BCUT2D eigenvalue weighted by molar-refractivity contribution is 7.71. The molecule has 2 aromatic rings. The van der Waals surface area contributed by atoms with E-state index in [0.717, 1.165) is 22.6 Å². The summed E-state index contributed by atoms with van der Waals surface area (Å²) in [5.74, 6) is 0.782. The standard InChI is InChI=1S/C12H11ClN2S/c1-7-8(2)14-11(15-12(7)16)9-3-5-10(13)6-4-9/h3-6H,1-2H3,(H,14,15,16). The van der Waals surface area contributed by atoms with E-state index >= 15 is 0 Å². The van der Waals surface area contributed by atoms with E-state index in [1.54, 1.807) is 0 Å². The van der Waals surface area contributed by atoms with Gasteiger partial charge in [-0.15, -0.1) is 0 Å². The molecule has 0 aliphatic rings. The predicted octanol–water partition coefficient (Wildman–Crippen LogP) is 4.08. The van der Waals surface area contributed by atoms with E-state index in [1.165, 1.54) is 0 Å². The highest BCUT2D eigenvalue weighted by Gasteiger charge is 2.03. The first-order valence-corrected chi connectivity index (χ1v) is 5.70. The SMILES string of the molecule is Cc1[nH]c(-c2ccc(Cl)cc2)nc(=S)c1C. The van der Waals surface area contributed by atoms with Gasteiger partial charge in [0.2, 0.25) is 0 Å². The van der Waals surface area contributed by atoms with E-state index in [-0.39, 0.29) is 0 Å². The van der Waals surface area contributed by atoms with Gasteiger partial charge in [-0.25, -0.2) is 4.98 Å². The minimum absolute atomic E-state index is 0.640. The maximum atomic E-state index is 5.84. The van der Waals surface area contributed by atoms with Gasteiger partial charge in [0.05, 0.1) is 0 Å². The Morgan fingerprint density at radius 3 is 2.38 bits per heavy atom. The van der Waals surface area contributed by atoms with Crippen LogP contribution < -0.4 is 0 Å². The fourth-order valence-corrected chi connectivity index (χ4v) is 1.76. The molecule has 16 heavy (non-hydrogen) atoms. The van der Waals surface area contributed by atoms with Crippen LogP contribution in [-0.4, -0.2) is 9.97 Å². The first-order valence-electron chi connectivity index (χ1n) is 4.91. The van der Waals surface area contributed by atoms with Crippen molar-refractivity contribution in [1.29, 1.82) is 0 Å². The fourth-order valence-electron chi connectivity index (χ4n) is 1.39. The number of hydrogen-bond acceptors (Lipinski definition) is 2. The van der Waals surface area contributed by atoms with Crippen LogP contribution in [0.5, 0.6) is 0 Å². The Balaban J connectivity index is 2.57. The van der Waals surface area contributed by atoms with Gasteiger partial charge in [0.25, 0.3) is 0 Å². The third-order valence-electron chi connectivity index (χ3n) is 2.52. The lowest BCUT2D eigenvalue weighted by Gasteiger charge is -2.05. The quantitative estimate of drug-likeness (QED) is 0.773. The van der Waals surface area contributed by atoms with Gasteiger partial charge in [0.15, 0.2) is 0 Å². The van der Waals surface area contributed by atoms with Crippen LogP contribution in [-0.2, 0) is 0 Å². The van der Waals surface area contributed by atoms with Crippen molar-refractivity contribution in [2.75, 3.05) is 0 Å². The van der Waals surface area contributed by atoms with Crippen molar-refractivity contribution < 1.29 is 0 Å². The largest absolute Gasteiger partial charge is 0.343 e. The molecule has 0 aliphatic heterocycles. The van der Waals surface area contributed by atoms with Crippen molar-refractivity contribution in [2.24, 2.45) is 0 Å². The van der Waals surface area contributed by atoms with Crippen LogP contribution in [0.2, 0.25) is 5.02 Å². The van der Waals surface area contributed by atoms with Crippen LogP contribution in [0.4, 0.5) is 0 Å². The van der Waals surface area contributed by atoms with Gasteiger partial charge in [-0.3, -0.25) is 0 Å². The molecule has 0 atom stereocenters. The Hall–Kier alpha value is -1.19. The Morgan fingerprint density at radius 2 is 1.81 bits per heavy atom. The minimum atomic E-state index is 0.640. The van der Waals surface area contributed by atoms with Crippen LogP contribution in [0.25, 0.3) is 11.4 Å². The van der Waals surface area contributed by atoms with Gasteiger partial charge >= 0.3 is 0 Å². The summed E-state index contributed by atoms with van der Waals surface area (Å²) in [5, 5.41) is 0.714. The average molecular weight is 251 g/mol. The van der Waals surface area contributed by atoms with Crippen molar-refractivity contribution in [3.05, 3.63) is 45.2 Å². The number of rotatable bonds is 1. The van der Waals surface area contributed by atoms with Crippen LogP contribution >= 0.6 is 23.8 Å². The number of aromatic amines is 1. The van der Waals surface area contributed by atoms with Gasteiger partial charge in [-0.05, 0) is 38.1 Å². The molecular weight excluding hydrogens is 240 g/mol. The number of nitrogens with zero attached hydrogens (tertiary/aromatic N) is 1. The molecule has 0 fully saturated rings. The molecule has 0 saturated heterocycles. The van der Waals surface area contributed by atoms with Gasteiger partial charge < -0.3 is 4.98 Å². The summed E-state index contributed by atoms with van der Waals surface area (Å²) >= 11 is 11.0. The Labute approximate surface area is 104 Å². The second kappa shape index (κ2) is 4.36. The minimum Gasteiger partial charge on any atom is -0.343 e. The summed E-state index contributed by atoms with van der Waals surface area (Å²) in [6.07, 6.45) is 0. The molecule has 0 bridgehead atoms. The number of aryl methyl sites for hydroxylation is 1. The third-order valence-corrected chi connectivity index (χ3v) is 3.17. The summed E-state index contributed by atoms with van der Waals surface area (Å²) < 4.78 is 0.640. The predicted molar refractivity (Wildman–Crippen MR) is 69.3 cm³/mol. The number of hydrogen-bond donors (Lipinski definition) is 1. The molecule has 0 radical (unpaired) electrons. The zero-order valence-electron chi connectivity index (χ0n) is 9.04. The molecule has 2 rings (SSSR count). The first kappa shape index (κ1) is 11.3. The zero-order chi connectivity index (χ0) is 11.7. The van der Waals surface area contributed by atoms with Crippen LogP contribution in [0.15, 0.2) is 24.3 Å². The number of H-pyrrole nitrogens is 1. The van der Waals surface area contributed by atoms with Crippen molar-refractivity contribution >= 4 is 23.8 Å². The maximum absolute atomic E-state index is 5.84. The zero-order valence-corrected chi connectivity index (χ0v) is 10.6. The van der Waals surface area contributed by atoms with E-state index in [0.29, 0.717) is 9.66 Å². The number of benzene rings is 1. The molecular formula is C12H11ClN2S. The van der Waals surface area contributed by atoms with Crippen LogP contribution in [0.1, 0.15) is 11.3 Å². The molecule has 0 spiro atoms. The molecule has 1 heterocycles. The molecule has 2 nitrogen and oxygen atoms in total. The van der Waals surface area contributed by atoms with E-state index in [2.05, 4.69) is 9.97 Å². The first-order chi connectivity index (χ1) is 7.58. The summed E-state index contributed by atoms with van der Waals surface area (Å²) in [6, 6.07) is 7.52. The smallest absolute Gasteiger partial charge is 0.139 e. The second-order valence-corrected chi connectivity index (χ2v) is 4.47. The average Bonchev–Trinajstić information content (AvgIpc) is 2.26. The number of nitrogens with one attached hydrogen (secondary N) is 1. The summed E-state index contributed by atoms with van der Waals surface area (Å²) in [7, 11) is 0. The molecule has 1 N–H and O–H groups in total. The maximum Gasteiger partial charge on any atom is 0.139 e. The Kier molecular flexibility index (Phi) is 3.08. The molecule has 0 unspecified atom stereocenters.